The molecule has 25 heavy (non-hydrogen) atoms. The van der Waals surface area contributed by atoms with Crippen molar-refractivity contribution in [3.63, 3.8) is 0 Å². The lowest BCUT2D eigenvalue weighted by Crippen LogP contribution is -2.40. The Hall–Kier alpha value is -0.980. The molecule has 2 aromatic rings. The number of carbonyl (C=O) groups excluding carboxylic acids is 1. The number of amides is 1. The molecule has 0 spiro atoms. The van der Waals surface area contributed by atoms with Crippen LogP contribution >= 0.6 is 35.0 Å². The van der Waals surface area contributed by atoms with E-state index in [1.54, 1.807) is 16.7 Å². The number of nitrogens with zero attached hydrogens (tertiary/aromatic N) is 3. The second-order valence-corrected chi connectivity index (χ2v) is 8.95. The number of hydrogen-bond donors (Lipinski definition) is 1. The highest BCUT2D eigenvalue weighted by Gasteiger charge is 2.42. The van der Waals surface area contributed by atoms with Gasteiger partial charge < -0.3 is 5.32 Å². The van der Waals surface area contributed by atoms with Crippen LogP contribution in [0.5, 0.6) is 0 Å². The van der Waals surface area contributed by atoms with Crippen molar-refractivity contribution < 1.29 is 4.79 Å². The van der Waals surface area contributed by atoms with Crippen molar-refractivity contribution in [2.45, 2.75) is 43.8 Å². The Balaban J connectivity index is 1.36. The number of aromatic nitrogens is 3. The lowest BCUT2D eigenvalue weighted by atomic mass is 9.84. The molecule has 1 amide bonds. The van der Waals surface area contributed by atoms with Crippen LogP contribution in [0.4, 0.5) is 0 Å². The highest BCUT2D eigenvalue weighted by molar-refractivity contribution is 7.99. The van der Waals surface area contributed by atoms with Gasteiger partial charge in [0, 0.05) is 12.2 Å². The fraction of sp³-hybridized carbons (Fsp3) is 0.588. The normalized spacial score (nSPS) is 26.3. The van der Waals surface area contributed by atoms with Crippen molar-refractivity contribution in [2.24, 2.45) is 17.8 Å². The highest BCUT2D eigenvalue weighted by Crippen LogP contribution is 2.49. The third-order valence-electron chi connectivity index (χ3n) is 5.55. The van der Waals surface area contributed by atoms with Gasteiger partial charge in [-0.1, -0.05) is 41.4 Å². The number of carbonyl (C=O) groups is 1. The molecule has 8 heteroatoms. The third kappa shape index (κ3) is 3.49. The minimum atomic E-state index is 0.0325. The first-order chi connectivity index (χ1) is 12.0. The predicted molar refractivity (Wildman–Crippen MR) is 100 cm³/mol. The van der Waals surface area contributed by atoms with E-state index in [9.17, 15) is 4.79 Å². The van der Waals surface area contributed by atoms with Gasteiger partial charge in [0.1, 0.15) is 0 Å². The summed E-state index contributed by atoms with van der Waals surface area (Å²) >= 11 is 13.5. The summed E-state index contributed by atoms with van der Waals surface area (Å²) in [4.78, 5) is 12.3. The van der Waals surface area contributed by atoms with Crippen LogP contribution in [0.25, 0.3) is 5.65 Å². The van der Waals surface area contributed by atoms with Gasteiger partial charge in [-0.25, -0.2) is 0 Å². The van der Waals surface area contributed by atoms with Gasteiger partial charge >= 0.3 is 0 Å². The van der Waals surface area contributed by atoms with E-state index in [1.807, 2.05) is 0 Å². The Morgan fingerprint density at radius 3 is 2.96 bits per heavy atom. The summed E-state index contributed by atoms with van der Waals surface area (Å²) in [5.74, 6) is 2.67. The van der Waals surface area contributed by atoms with Crippen molar-refractivity contribution in [3.8, 4) is 0 Å². The lowest BCUT2D eigenvalue weighted by molar-refractivity contribution is -0.119. The largest absolute Gasteiger partial charge is 0.353 e. The molecule has 0 aliphatic heterocycles. The van der Waals surface area contributed by atoms with Crippen LogP contribution in [-0.4, -0.2) is 32.3 Å². The number of thioether (sulfide) groups is 1. The zero-order chi connectivity index (χ0) is 17.6. The zero-order valence-electron chi connectivity index (χ0n) is 13.9. The van der Waals surface area contributed by atoms with Crippen LogP contribution in [0.1, 0.15) is 32.6 Å². The van der Waals surface area contributed by atoms with E-state index in [0.29, 0.717) is 32.5 Å². The first-order valence-corrected chi connectivity index (χ1v) is 10.4. The lowest BCUT2D eigenvalue weighted by Gasteiger charge is -2.28. The molecule has 2 fully saturated rings. The molecule has 2 saturated carbocycles. The first kappa shape index (κ1) is 17.4. The number of pyridine rings is 1. The number of halogens is 2. The maximum Gasteiger partial charge on any atom is 0.230 e. The van der Waals surface area contributed by atoms with Crippen molar-refractivity contribution in [1.29, 1.82) is 0 Å². The van der Waals surface area contributed by atoms with Crippen LogP contribution in [-0.2, 0) is 4.79 Å². The van der Waals surface area contributed by atoms with Gasteiger partial charge in [-0.15, -0.1) is 10.2 Å². The van der Waals surface area contributed by atoms with Gasteiger partial charge in [0.15, 0.2) is 10.8 Å². The fourth-order valence-corrected chi connectivity index (χ4v) is 5.67. The highest BCUT2D eigenvalue weighted by atomic mass is 35.5. The topological polar surface area (TPSA) is 59.3 Å². The number of nitrogens with one attached hydrogen (secondary N) is 1. The Bertz CT molecular complexity index is 811. The summed E-state index contributed by atoms with van der Waals surface area (Å²) in [7, 11) is 0. The second-order valence-electron chi connectivity index (χ2n) is 7.17. The summed E-state index contributed by atoms with van der Waals surface area (Å²) in [6.45, 7) is 2.14. The van der Waals surface area contributed by atoms with E-state index < -0.39 is 0 Å². The summed E-state index contributed by atoms with van der Waals surface area (Å²) in [5, 5.41) is 12.9. The monoisotopic (exact) mass is 398 g/mol. The van der Waals surface area contributed by atoms with Crippen molar-refractivity contribution in [3.05, 3.63) is 22.3 Å². The molecule has 4 rings (SSSR count). The van der Waals surface area contributed by atoms with Crippen molar-refractivity contribution in [1.82, 2.24) is 19.9 Å². The molecule has 0 radical (unpaired) electrons. The molecule has 2 aromatic heterocycles. The average molecular weight is 399 g/mol. The number of hydrogen-bond acceptors (Lipinski definition) is 4. The smallest absolute Gasteiger partial charge is 0.230 e. The summed E-state index contributed by atoms with van der Waals surface area (Å²) in [5.41, 5.74) is 0.546. The van der Waals surface area contributed by atoms with Gasteiger partial charge in [0.25, 0.3) is 0 Å². The van der Waals surface area contributed by atoms with E-state index in [1.165, 1.54) is 37.4 Å². The van der Waals surface area contributed by atoms with Gasteiger partial charge in [-0.05, 0) is 50.0 Å². The molecule has 4 atom stereocenters. The molecule has 4 unspecified atom stereocenters. The quantitative estimate of drug-likeness (QED) is 0.771. The molecule has 134 valence electrons. The fourth-order valence-electron chi connectivity index (χ4n) is 4.44. The van der Waals surface area contributed by atoms with Crippen LogP contribution in [0.15, 0.2) is 17.4 Å². The SMILES string of the molecule is CC(NC(=O)CSc1nnc2c(Cl)cc(Cl)cn12)C1CC2CCC1C2. The van der Waals surface area contributed by atoms with Crippen molar-refractivity contribution in [2.75, 3.05) is 5.75 Å². The minimum Gasteiger partial charge on any atom is -0.353 e. The number of rotatable bonds is 5. The third-order valence-corrected chi connectivity index (χ3v) is 6.98. The van der Waals surface area contributed by atoms with Crippen LogP contribution in [0.2, 0.25) is 10.0 Å². The van der Waals surface area contributed by atoms with Gasteiger partial charge in [0.2, 0.25) is 5.91 Å². The molecule has 5 nitrogen and oxygen atoms in total. The standard InChI is InChI=1S/C17H20Cl2N4OS/c1-9(13-5-10-2-3-11(13)4-10)20-15(24)8-25-17-22-21-16-14(19)6-12(18)7-23(16)17/h6-7,9-11,13H,2-5,8H2,1H3,(H,20,24). The molecular weight excluding hydrogens is 379 g/mol. The molecule has 0 saturated heterocycles. The molecule has 1 N–H and O–H groups in total. The second kappa shape index (κ2) is 6.97. The molecule has 2 heterocycles. The summed E-state index contributed by atoms with van der Waals surface area (Å²) in [6, 6.07) is 1.87. The van der Waals surface area contributed by atoms with E-state index in [2.05, 4.69) is 22.4 Å². The maximum absolute atomic E-state index is 12.3. The molecule has 2 aliphatic carbocycles. The molecule has 2 bridgehead atoms. The Kier molecular flexibility index (Phi) is 4.86. The summed E-state index contributed by atoms with van der Waals surface area (Å²) < 4.78 is 1.72. The van der Waals surface area contributed by atoms with E-state index in [4.69, 9.17) is 23.2 Å². The van der Waals surface area contributed by atoms with Crippen molar-refractivity contribution >= 4 is 46.5 Å². The van der Waals surface area contributed by atoms with Gasteiger partial charge in [0.05, 0.1) is 15.8 Å². The Morgan fingerprint density at radius 1 is 1.40 bits per heavy atom. The van der Waals surface area contributed by atoms with Crippen LogP contribution < -0.4 is 5.32 Å². The van der Waals surface area contributed by atoms with Crippen LogP contribution in [0.3, 0.4) is 0 Å². The predicted octanol–water partition coefficient (Wildman–Crippen LogP) is 4.07. The van der Waals surface area contributed by atoms with E-state index >= 15 is 0 Å². The molecule has 2 aliphatic rings. The minimum absolute atomic E-state index is 0.0325. The number of fused-ring (bicyclic) bond motifs is 3. The Morgan fingerprint density at radius 2 is 2.24 bits per heavy atom. The zero-order valence-corrected chi connectivity index (χ0v) is 16.2. The van der Waals surface area contributed by atoms with Gasteiger partial charge in [-0.3, -0.25) is 9.20 Å². The average Bonchev–Trinajstić information content (AvgIpc) is 3.28. The molecule has 0 aromatic carbocycles. The van der Waals surface area contributed by atoms with Gasteiger partial charge in [-0.2, -0.15) is 0 Å². The summed E-state index contributed by atoms with van der Waals surface area (Å²) in [6.07, 6.45) is 7.04. The maximum atomic E-state index is 12.3. The van der Waals surface area contributed by atoms with E-state index in [0.717, 1.165) is 11.8 Å². The molecular formula is C17H20Cl2N4OS. The Labute approximate surface area is 160 Å². The van der Waals surface area contributed by atoms with E-state index in [-0.39, 0.29) is 11.9 Å². The van der Waals surface area contributed by atoms with Crippen LogP contribution in [0, 0.1) is 17.8 Å². The first-order valence-electron chi connectivity index (χ1n) is 8.63.